The predicted octanol–water partition coefficient (Wildman–Crippen LogP) is 2.72. The Bertz CT molecular complexity index is 705. The van der Waals surface area contributed by atoms with Gasteiger partial charge in [0.1, 0.15) is 5.82 Å². The third-order valence-corrected chi connectivity index (χ3v) is 3.27. The average Bonchev–Trinajstić information content (AvgIpc) is 2.84. The average molecular weight is 255 g/mol. The summed E-state index contributed by atoms with van der Waals surface area (Å²) in [6.07, 6.45) is 1.76. The second-order valence-corrected chi connectivity index (χ2v) is 4.45. The zero-order valence-electron chi connectivity index (χ0n) is 10.3. The van der Waals surface area contributed by atoms with Gasteiger partial charge in [-0.15, -0.1) is 0 Å². The van der Waals surface area contributed by atoms with Crippen LogP contribution in [0.5, 0.6) is 0 Å². The van der Waals surface area contributed by atoms with Crippen molar-refractivity contribution in [2.75, 3.05) is 6.54 Å². The molecule has 0 amide bonds. The van der Waals surface area contributed by atoms with E-state index < -0.39 is 0 Å². The summed E-state index contributed by atoms with van der Waals surface area (Å²) < 4.78 is 15.3. The fourth-order valence-electron chi connectivity index (χ4n) is 2.35. The van der Waals surface area contributed by atoms with Gasteiger partial charge in [0.25, 0.3) is 0 Å². The number of nitrogens with zero attached hydrogens (tertiary/aromatic N) is 2. The van der Waals surface area contributed by atoms with Gasteiger partial charge in [-0.3, -0.25) is 0 Å². The van der Waals surface area contributed by atoms with Gasteiger partial charge in [0.2, 0.25) is 0 Å². The minimum Gasteiger partial charge on any atom is -0.328 e. The molecule has 0 aliphatic rings. The summed E-state index contributed by atoms with van der Waals surface area (Å²) >= 11 is 0. The van der Waals surface area contributed by atoms with Crippen LogP contribution in [0.4, 0.5) is 4.39 Å². The Morgan fingerprint density at radius 3 is 2.79 bits per heavy atom. The van der Waals surface area contributed by atoms with Crippen LogP contribution in [0.1, 0.15) is 11.6 Å². The molecule has 0 radical (unpaired) electrons. The quantitative estimate of drug-likeness (QED) is 0.782. The lowest BCUT2D eigenvalue weighted by Gasteiger charge is -2.18. The number of aromatic nitrogens is 2. The molecular formula is C15H14FN3. The highest BCUT2D eigenvalue weighted by molar-refractivity contribution is 5.75. The van der Waals surface area contributed by atoms with E-state index >= 15 is 0 Å². The molecular weight excluding hydrogens is 241 g/mol. The van der Waals surface area contributed by atoms with Crippen LogP contribution in [-0.2, 0) is 0 Å². The molecule has 1 heterocycles. The summed E-state index contributed by atoms with van der Waals surface area (Å²) in [7, 11) is 0. The topological polar surface area (TPSA) is 43.8 Å². The molecule has 2 N–H and O–H groups in total. The molecule has 0 saturated carbocycles. The van der Waals surface area contributed by atoms with Gasteiger partial charge in [-0.2, -0.15) is 0 Å². The number of nitrogens with two attached hydrogens (primary N) is 1. The van der Waals surface area contributed by atoms with E-state index in [1.165, 1.54) is 12.1 Å². The van der Waals surface area contributed by atoms with Crippen molar-refractivity contribution in [2.24, 2.45) is 5.73 Å². The maximum absolute atomic E-state index is 13.4. The first kappa shape index (κ1) is 11.9. The van der Waals surface area contributed by atoms with Crippen molar-refractivity contribution in [1.29, 1.82) is 0 Å². The van der Waals surface area contributed by atoms with E-state index in [1.54, 1.807) is 12.4 Å². The van der Waals surface area contributed by atoms with Gasteiger partial charge < -0.3 is 10.3 Å². The number of para-hydroxylation sites is 2. The van der Waals surface area contributed by atoms with E-state index in [0.717, 1.165) is 16.6 Å². The van der Waals surface area contributed by atoms with Crippen molar-refractivity contribution < 1.29 is 4.39 Å². The van der Waals surface area contributed by atoms with Gasteiger partial charge in [-0.1, -0.05) is 24.3 Å². The van der Waals surface area contributed by atoms with Gasteiger partial charge in [0.05, 0.1) is 23.4 Å². The van der Waals surface area contributed by atoms with Gasteiger partial charge in [-0.05, 0) is 29.8 Å². The Morgan fingerprint density at radius 1 is 1.16 bits per heavy atom. The zero-order chi connectivity index (χ0) is 13.2. The van der Waals surface area contributed by atoms with E-state index in [9.17, 15) is 4.39 Å². The first-order valence-corrected chi connectivity index (χ1v) is 6.16. The number of fused-ring (bicyclic) bond motifs is 1. The molecule has 0 aliphatic carbocycles. The Hall–Kier alpha value is -2.20. The van der Waals surface area contributed by atoms with Crippen LogP contribution >= 0.6 is 0 Å². The summed E-state index contributed by atoms with van der Waals surface area (Å²) in [5.41, 5.74) is 8.63. The molecule has 3 aromatic rings. The van der Waals surface area contributed by atoms with Crippen molar-refractivity contribution >= 4 is 11.0 Å². The molecule has 3 nitrogen and oxygen atoms in total. The van der Waals surface area contributed by atoms with Crippen molar-refractivity contribution in [2.45, 2.75) is 6.04 Å². The van der Waals surface area contributed by atoms with Crippen LogP contribution in [0.25, 0.3) is 11.0 Å². The summed E-state index contributed by atoms with van der Waals surface area (Å²) in [6.45, 7) is 0.393. The predicted molar refractivity (Wildman–Crippen MR) is 73.3 cm³/mol. The fraction of sp³-hybridized carbons (Fsp3) is 0.133. The molecule has 0 aliphatic heterocycles. The maximum Gasteiger partial charge on any atom is 0.123 e. The molecule has 0 saturated heterocycles. The highest BCUT2D eigenvalue weighted by atomic mass is 19.1. The largest absolute Gasteiger partial charge is 0.328 e. The minimum atomic E-state index is -0.250. The van der Waals surface area contributed by atoms with Crippen molar-refractivity contribution in [3.8, 4) is 0 Å². The van der Waals surface area contributed by atoms with Crippen molar-refractivity contribution in [1.82, 2.24) is 9.55 Å². The number of hydrogen-bond donors (Lipinski definition) is 1. The maximum atomic E-state index is 13.4. The van der Waals surface area contributed by atoms with E-state index in [4.69, 9.17) is 5.73 Å². The number of rotatable bonds is 3. The molecule has 0 spiro atoms. The second-order valence-electron chi connectivity index (χ2n) is 4.45. The smallest absolute Gasteiger partial charge is 0.123 e. The Kier molecular flexibility index (Phi) is 3.01. The van der Waals surface area contributed by atoms with Gasteiger partial charge >= 0.3 is 0 Å². The Labute approximate surface area is 110 Å². The molecule has 0 bridgehead atoms. The van der Waals surface area contributed by atoms with E-state index in [1.807, 2.05) is 34.9 Å². The Morgan fingerprint density at radius 2 is 2.00 bits per heavy atom. The first-order chi connectivity index (χ1) is 9.29. The van der Waals surface area contributed by atoms with Crippen molar-refractivity contribution in [3.63, 3.8) is 0 Å². The molecule has 4 heteroatoms. The number of hydrogen-bond acceptors (Lipinski definition) is 2. The summed E-state index contributed by atoms with van der Waals surface area (Å²) in [6, 6.07) is 14.3. The molecule has 1 atom stereocenters. The molecule has 1 unspecified atom stereocenters. The van der Waals surface area contributed by atoms with Gasteiger partial charge in [-0.25, -0.2) is 9.37 Å². The zero-order valence-corrected chi connectivity index (χ0v) is 10.3. The highest BCUT2D eigenvalue weighted by Gasteiger charge is 2.14. The monoisotopic (exact) mass is 255 g/mol. The van der Waals surface area contributed by atoms with Gasteiger partial charge in [0.15, 0.2) is 0 Å². The molecule has 96 valence electrons. The third kappa shape index (κ3) is 2.11. The van der Waals surface area contributed by atoms with Crippen LogP contribution in [0.2, 0.25) is 0 Å². The lowest BCUT2D eigenvalue weighted by molar-refractivity contribution is 0.590. The first-order valence-electron chi connectivity index (χ1n) is 6.16. The third-order valence-electron chi connectivity index (χ3n) is 3.27. The standard InChI is InChI=1S/C15H14FN3/c16-12-5-3-4-11(8-12)15(9-17)19-10-18-13-6-1-2-7-14(13)19/h1-8,10,15H,9,17H2. The molecule has 3 rings (SSSR count). The van der Waals surface area contributed by atoms with E-state index in [-0.39, 0.29) is 11.9 Å². The molecule has 19 heavy (non-hydrogen) atoms. The van der Waals surface area contributed by atoms with Gasteiger partial charge in [0, 0.05) is 6.54 Å². The van der Waals surface area contributed by atoms with Crippen LogP contribution in [0.15, 0.2) is 54.9 Å². The van der Waals surface area contributed by atoms with E-state index in [0.29, 0.717) is 6.54 Å². The number of halogens is 1. The second kappa shape index (κ2) is 4.82. The summed E-state index contributed by atoms with van der Waals surface area (Å²) in [5.74, 6) is -0.250. The normalized spacial score (nSPS) is 12.7. The lowest BCUT2D eigenvalue weighted by atomic mass is 10.1. The number of benzene rings is 2. The van der Waals surface area contributed by atoms with Crippen LogP contribution in [0.3, 0.4) is 0 Å². The highest BCUT2D eigenvalue weighted by Crippen LogP contribution is 2.23. The van der Waals surface area contributed by atoms with E-state index in [2.05, 4.69) is 4.98 Å². The molecule has 0 fully saturated rings. The fourth-order valence-corrected chi connectivity index (χ4v) is 2.35. The minimum absolute atomic E-state index is 0.108. The summed E-state index contributed by atoms with van der Waals surface area (Å²) in [5, 5.41) is 0. The summed E-state index contributed by atoms with van der Waals surface area (Å²) in [4.78, 5) is 4.35. The van der Waals surface area contributed by atoms with Crippen LogP contribution < -0.4 is 5.73 Å². The SMILES string of the molecule is NCC(c1cccc(F)c1)n1cnc2ccccc21. The van der Waals surface area contributed by atoms with Crippen LogP contribution in [-0.4, -0.2) is 16.1 Å². The molecule has 2 aromatic carbocycles. The Balaban J connectivity index is 2.12. The molecule has 1 aromatic heterocycles. The number of imidazole rings is 1. The van der Waals surface area contributed by atoms with Crippen LogP contribution in [0, 0.1) is 5.82 Å². The lowest BCUT2D eigenvalue weighted by Crippen LogP contribution is -2.19. The van der Waals surface area contributed by atoms with Crippen molar-refractivity contribution in [3.05, 3.63) is 66.2 Å².